The molecule has 0 spiro atoms. The number of halogens is 2. The fourth-order valence-electron chi connectivity index (χ4n) is 1.92. The number of hydrogen-bond acceptors (Lipinski definition) is 3. The van der Waals surface area contributed by atoms with Crippen molar-refractivity contribution in [2.75, 3.05) is 6.54 Å². The van der Waals surface area contributed by atoms with Crippen molar-refractivity contribution >= 4 is 28.9 Å². The number of benzene rings is 2. The summed E-state index contributed by atoms with van der Waals surface area (Å²) in [6.45, 7) is 1.34. The maximum absolute atomic E-state index is 10.8. The average molecular weight is 325 g/mol. The lowest BCUT2D eigenvalue weighted by Crippen LogP contribution is -2.16. The number of hydrogen-bond donors (Lipinski definition) is 1. The van der Waals surface area contributed by atoms with Gasteiger partial charge in [0, 0.05) is 17.6 Å². The first kappa shape index (κ1) is 15.8. The van der Waals surface area contributed by atoms with Crippen LogP contribution < -0.4 is 5.32 Å². The van der Waals surface area contributed by atoms with Crippen molar-refractivity contribution in [2.45, 2.75) is 13.0 Å². The van der Waals surface area contributed by atoms with Crippen LogP contribution in [0.5, 0.6) is 0 Å². The summed E-state index contributed by atoms with van der Waals surface area (Å²) in [5.41, 5.74) is 1.96. The van der Waals surface area contributed by atoms with Gasteiger partial charge in [-0.3, -0.25) is 10.1 Å². The van der Waals surface area contributed by atoms with Gasteiger partial charge in [0.2, 0.25) is 0 Å². The topological polar surface area (TPSA) is 55.2 Å². The highest BCUT2D eigenvalue weighted by Gasteiger charge is 2.12. The van der Waals surface area contributed by atoms with Crippen LogP contribution >= 0.6 is 23.2 Å². The van der Waals surface area contributed by atoms with Gasteiger partial charge in [0.25, 0.3) is 5.69 Å². The summed E-state index contributed by atoms with van der Waals surface area (Å²) in [4.78, 5) is 10.3. The Bertz CT molecular complexity index is 630. The first-order chi connectivity index (χ1) is 10.1. The van der Waals surface area contributed by atoms with Crippen LogP contribution in [0.1, 0.15) is 11.1 Å². The smallest absolute Gasteiger partial charge is 0.288 e. The molecule has 0 aliphatic heterocycles. The van der Waals surface area contributed by atoms with E-state index < -0.39 is 4.92 Å². The first-order valence-electron chi connectivity index (χ1n) is 6.44. The van der Waals surface area contributed by atoms with E-state index in [0.29, 0.717) is 6.54 Å². The zero-order valence-electron chi connectivity index (χ0n) is 11.2. The monoisotopic (exact) mass is 324 g/mol. The summed E-state index contributed by atoms with van der Waals surface area (Å²) >= 11 is 11.6. The molecule has 0 aliphatic carbocycles. The van der Waals surface area contributed by atoms with Crippen LogP contribution in [-0.4, -0.2) is 11.5 Å². The number of nitrogens with one attached hydrogen (secondary N) is 1. The van der Waals surface area contributed by atoms with Crippen molar-refractivity contribution in [3.05, 3.63) is 73.8 Å². The lowest BCUT2D eigenvalue weighted by Gasteiger charge is -2.06. The molecule has 21 heavy (non-hydrogen) atoms. The maximum atomic E-state index is 10.8. The number of rotatable bonds is 6. The largest absolute Gasteiger partial charge is 0.312 e. The van der Waals surface area contributed by atoms with Gasteiger partial charge in [-0.2, -0.15) is 0 Å². The molecule has 0 radical (unpaired) electrons. The standard InChI is InChI=1S/C15H14Cl2N2O2/c16-13-4-1-11(2-5-13)7-8-18-10-12-3-6-14(17)15(9-12)19(20)21/h1-6,9,18H,7-8,10H2. The Morgan fingerprint density at radius 3 is 2.38 bits per heavy atom. The van der Waals surface area contributed by atoms with Gasteiger partial charge >= 0.3 is 0 Å². The molecule has 0 saturated heterocycles. The Balaban J connectivity index is 1.85. The molecule has 0 amide bonds. The molecular formula is C15H14Cl2N2O2. The van der Waals surface area contributed by atoms with E-state index in [9.17, 15) is 10.1 Å². The molecule has 2 rings (SSSR count). The highest BCUT2D eigenvalue weighted by atomic mass is 35.5. The fraction of sp³-hybridized carbons (Fsp3) is 0.200. The van der Waals surface area contributed by atoms with Gasteiger partial charge in [0.1, 0.15) is 5.02 Å². The summed E-state index contributed by atoms with van der Waals surface area (Å²) in [7, 11) is 0. The summed E-state index contributed by atoms with van der Waals surface area (Å²) in [6, 6.07) is 12.5. The molecule has 0 fully saturated rings. The summed E-state index contributed by atoms with van der Waals surface area (Å²) < 4.78 is 0. The zero-order valence-corrected chi connectivity index (χ0v) is 12.7. The van der Waals surface area contributed by atoms with E-state index >= 15 is 0 Å². The molecule has 0 unspecified atom stereocenters. The fourth-order valence-corrected chi connectivity index (χ4v) is 2.24. The van der Waals surface area contributed by atoms with Gasteiger partial charge in [-0.05, 0) is 42.3 Å². The minimum absolute atomic E-state index is 0.0614. The van der Waals surface area contributed by atoms with Crippen molar-refractivity contribution in [1.29, 1.82) is 0 Å². The molecule has 0 aromatic heterocycles. The average Bonchev–Trinajstić information content (AvgIpc) is 2.46. The molecule has 0 saturated carbocycles. The maximum Gasteiger partial charge on any atom is 0.288 e. The van der Waals surface area contributed by atoms with Gasteiger partial charge in [-0.15, -0.1) is 0 Å². The molecule has 0 atom stereocenters. The molecule has 0 aliphatic rings. The van der Waals surface area contributed by atoms with Crippen LogP contribution in [0.2, 0.25) is 10.0 Å². The van der Waals surface area contributed by atoms with Crippen molar-refractivity contribution in [3.63, 3.8) is 0 Å². The molecule has 1 N–H and O–H groups in total. The molecule has 4 nitrogen and oxygen atoms in total. The number of nitro benzene ring substituents is 1. The van der Waals surface area contributed by atoms with Crippen LogP contribution in [0.4, 0.5) is 5.69 Å². The third kappa shape index (κ3) is 4.70. The molecule has 110 valence electrons. The second-order valence-corrected chi connectivity index (χ2v) is 5.44. The molecule has 2 aromatic carbocycles. The predicted molar refractivity (Wildman–Crippen MR) is 85.0 cm³/mol. The minimum atomic E-state index is -0.473. The Morgan fingerprint density at radius 2 is 1.71 bits per heavy atom. The van der Waals surface area contributed by atoms with E-state index in [1.54, 1.807) is 12.1 Å². The molecular weight excluding hydrogens is 311 g/mol. The van der Waals surface area contributed by atoms with Gasteiger partial charge in [-0.25, -0.2) is 0 Å². The van der Waals surface area contributed by atoms with Gasteiger partial charge in [-0.1, -0.05) is 41.4 Å². The Kier molecular flexibility index (Phi) is 5.56. The van der Waals surface area contributed by atoms with Crippen LogP contribution in [0.25, 0.3) is 0 Å². The van der Waals surface area contributed by atoms with Crippen LogP contribution in [0.3, 0.4) is 0 Å². The van der Waals surface area contributed by atoms with E-state index in [1.807, 2.05) is 24.3 Å². The van der Waals surface area contributed by atoms with Crippen molar-refractivity contribution in [2.24, 2.45) is 0 Å². The highest BCUT2D eigenvalue weighted by molar-refractivity contribution is 6.32. The Hall–Kier alpha value is -1.62. The molecule has 0 heterocycles. The first-order valence-corrected chi connectivity index (χ1v) is 7.20. The summed E-state index contributed by atoms with van der Waals surface area (Å²) in [5, 5.41) is 14.9. The second-order valence-electron chi connectivity index (χ2n) is 4.60. The van der Waals surface area contributed by atoms with E-state index in [1.165, 1.54) is 11.6 Å². The van der Waals surface area contributed by atoms with Crippen LogP contribution in [0, 0.1) is 10.1 Å². The van der Waals surface area contributed by atoms with Gasteiger partial charge in [0.05, 0.1) is 4.92 Å². The number of nitro groups is 1. The normalized spacial score (nSPS) is 10.6. The summed E-state index contributed by atoms with van der Waals surface area (Å²) in [6.07, 6.45) is 0.868. The van der Waals surface area contributed by atoms with E-state index in [2.05, 4.69) is 5.32 Å². The third-order valence-electron chi connectivity index (χ3n) is 3.04. The quantitative estimate of drug-likeness (QED) is 0.491. The third-order valence-corrected chi connectivity index (χ3v) is 3.61. The van der Waals surface area contributed by atoms with Crippen LogP contribution in [-0.2, 0) is 13.0 Å². The Morgan fingerprint density at radius 1 is 1.05 bits per heavy atom. The molecule has 6 heteroatoms. The predicted octanol–water partition coefficient (Wildman–Crippen LogP) is 4.23. The molecule has 2 aromatic rings. The number of nitrogens with zero attached hydrogens (tertiary/aromatic N) is 1. The molecule has 0 bridgehead atoms. The van der Waals surface area contributed by atoms with Crippen LogP contribution in [0.15, 0.2) is 42.5 Å². The van der Waals surface area contributed by atoms with Gasteiger partial charge < -0.3 is 5.32 Å². The van der Waals surface area contributed by atoms with E-state index in [0.717, 1.165) is 23.6 Å². The summed E-state index contributed by atoms with van der Waals surface area (Å²) in [5.74, 6) is 0. The van der Waals surface area contributed by atoms with Gasteiger partial charge in [0.15, 0.2) is 0 Å². The minimum Gasteiger partial charge on any atom is -0.312 e. The lowest BCUT2D eigenvalue weighted by molar-refractivity contribution is -0.384. The highest BCUT2D eigenvalue weighted by Crippen LogP contribution is 2.24. The van der Waals surface area contributed by atoms with Crippen molar-refractivity contribution < 1.29 is 4.92 Å². The Labute approximate surface area is 132 Å². The van der Waals surface area contributed by atoms with E-state index in [-0.39, 0.29) is 10.7 Å². The lowest BCUT2D eigenvalue weighted by atomic mass is 10.1. The zero-order chi connectivity index (χ0) is 15.2. The van der Waals surface area contributed by atoms with Crippen molar-refractivity contribution in [1.82, 2.24) is 5.32 Å². The van der Waals surface area contributed by atoms with Crippen molar-refractivity contribution in [3.8, 4) is 0 Å². The second kappa shape index (κ2) is 7.41. The van der Waals surface area contributed by atoms with E-state index in [4.69, 9.17) is 23.2 Å². The SMILES string of the molecule is O=[N+]([O-])c1cc(CNCCc2ccc(Cl)cc2)ccc1Cl.